The first-order valence-corrected chi connectivity index (χ1v) is 9.80. The molecule has 1 saturated heterocycles. The molecule has 5 nitrogen and oxygen atoms in total. The van der Waals surface area contributed by atoms with Gasteiger partial charge in [0.15, 0.2) is 0 Å². The summed E-state index contributed by atoms with van der Waals surface area (Å²) in [6, 6.07) is 18.1. The summed E-state index contributed by atoms with van der Waals surface area (Å²) in [6.07, 6.45) is 3.37. The molecule has 1 unspecified atom stereocenters. The van der Waals surface area contributed by atoms with E-state index in [0.717, 1.165) is 31.0 Å². The first kappa shape index (κ1) is 19.0. The Morgan fingerprint density at radius 3 is 2.79 bits per heavy atom. The molecule has 29 heavy (non-hydrogen) atoms. The fraction of sp³-hybridized carbons (Fsp3) is 0.208. The number of aromatic nitrogens is 2. The van der Waals surface area contributed by atoms with Crippen molar-refractivity contribution in [1.29, 1.82) is 0 Å². The van der Waals surface area contributed by atoms with Gasteiger partial charge in [0.2, 0.25) is 5.78 Å². The Labute approximate surface area is 174 Å². The highest BCUT2D eigenvalue weighted by molar-refractivity contribution is 6.10. The van der Waals surface area contributed by atoms with Crippen LogP contribution in [0.4, 0.5) is 5.82 Å². The highest BCUT2D eigenvalue weighted by Crippen LogP contribution is 2.24. The van der Waals surface area contributed by atoms with Gasteiger partial charge in [-0.3, -0.25) is 9.78 Å². The molecule has 0 amide bonds. The Morgan fingerprint density at radius 1 is 1.21 bits per heavy atom. The number of nitrogens with zero attached hydrogens (tertiary/aromatic N) is 3. The van der Waals surface area contributed by atoms with Crippen molar-refractivity contribution in [2.75, 3.05) is 24.5 Å². The van der Waals surface area contributed by atoms with Gasteiger partial charge in [0, 0.05) is 51.5 Å². The van der Waals surface area contributed by atoms with E-state index in [9.17, 15) is 4.79 Å². The van der Waals surface area contributed by atoms with Gasteiger partial charge in [0.1, 0.15) is 11.5 Å². The van der Waals surface area contributed by atoms with Crippen molar-refractivity contribution >= 4 is 17.7 Å². The number of piperazine rings is 1. The van der Waals surface area contributed by atoms with Crippen LogP contribution in [0.25, 0.3) is 6.08 Å². The van der Waals surface area contributed by atoms with Crippen molar-refractivity contribution in [1.82, 2.24) is 15.3 Å². The van der Waals surface area contributed by atoms with Crippen LogP contribution in [0.1, 0.15) is 41.8 Å². The van der Waals surface area contributed by atoms with E-state index >= 15 is 0 Å². The second kappa shape index (κ2) is 8.37. The molecule has 1 N–H and O–H groups in total. The molecule has 0 saturated carbocycles. The third-order valence-electron chi connectivity index (χ3n) is 5.30. The number of benzene rings is 1. The zero-order valence-electron chi connectivity index (χ0n) is 16.5. The zero-order chi connectivity index (χ0) is 20.2. The molecule has 0 spiro atoms. The molecule has 5 heteroatoms. The summed E-state index contributed by atoms with van der Waals surface area (Å²) in [5.74, 6) is 0.685. The van der Waals surface area contributed by atoms with Crippen LogP contribution >= 0.6 is 0 Å². The van der Waals surface area contributed by atoms with Crippen molar-refractivity contribution in [3.8, 4) is 0 Å². The Balaban J connectivity index is 0.00000171. The molecule has 1 aliphatic heterocycles. The van der Waals surface area contributed by atoms with E-state index in [4.69, 9.17) is 4.98 Å². The summed E-state index contributed by atoms with van der Waals surface area (Å²) in [5, 5.41) is 3.57. The standard InChI is InChI=1S/C24H24N4O.2H2/c1-3-18-11-12-22(27-23(18)24(29)20-10-7-13-25-17(20)2)28-15-14-26-21(16-28)19-8-5-4-6-9-19;;/h3-13,21,26H,1,14-16H2,2H3;2*1H. The van der Waals surface area contributed by atoms with Gasteiger partial charge in [0.05, 0.1) is 0 Å². The molecular formula is C24H28N4O. The SMILES string of the molecule is C=Cc1ccc(N2CCNC(c3ccccc3)C2)nc1C(=O)c1cccnc1C.[HH].[HH]. The second-order valence-electron chi connectivity index (χ2n) is 7.14. The summed E-state index contributed by atoms with van der Waals surface area (Å²) in [5.41, 5.74) is 3.68. The number of hydrogen-bond donors (Lipinski definition) is 1. The summed E-state index contributed by atoms with van der Waals surface area (Å²) < 4.78 is 0. The van der Waals surface area contributed by atoms with Crippen LogP contribution in [-0.2, 0) is 0 Å². The summed E-state index contributed by atoms with van der Waals surface area (Å²) >= 11 is 0. The number of anilines is 1. The minimum absolute atomic E-state index is 0. The predicted molar refractivity (Wildman–Crippen MR) is 120 cm³/mol. The van der Waals surface area contributed by atoms with E-state index in [1.165, 1.54) is 5.56 Å². The van der Waals surface area contributed by atoms with Crippen molar-refractivity contribution in [3.63, 3.8) is 0 Å². The number of ketones is 1. The Bertz CT molecular complexity index is 1040. The van der Waals surface area contributed by atoms with Crippen molar-refractivity contribution in [2.24, 2.45) is 0 Å². The number of rotatable bonds is 5. The smallest absolute Gasteiger partial charge is 0.213 e. The molecule has 1 aliphatic rings. The van der Waals surface area contributed by atoms with Gasteiger partial charge in [-0.15, -0.1) is 0 Å². The number of aryl methyl sites for hydroxylation is 1. The number of pyridine rings is 2. The molecule has 1 aromatic carbocycles. The lowest BCUT2D eigenvalue weighted by Gasteiger charge is -2.35. The summed E-state index contributed by atoms with van der Waals surface area (Å²) in [4.78, 5) is 24.4. The maximum Gasteiger partial charge on any atom is 0.213 e. The van der Waals surface area contributed by atoms with Gasteiger partial charge >= 0.3 is 0 Å². The third-order valence-corrected chi connectivity index (χ3v) is 5.30. The highest BCUT2D eigenvalue weighted by Gasteiger charge is 2.24. The van der Waals surface area contributed by atoms with E-state index in [0.29, 0.717) is 17.0 Å². The lowest BCUT2D eigenvalue weighted by Crippen LogP contribution is -2.46. The van der Waals surface area contributed by atoms with Crippen LogP contribution in [0.2, 0.25) is 0 Å². The first-order chi connectivity index (χ1) is 14.2. The molecule has 1 atom stereocenters. The monoisotopic (exact) mass is 388 g/mol. The molecule has 3 aromatic rings. The lowest BCUT2D eigenvalue weighted by atomic mass is 10.0. The first-order valence-electron chi connectivity index (χ1n) is 9.80. The average Bonchev–Trinajstić information content (AvgIpc) is 2.79. The van der Waals surface area contributed by atoms with Gasteiger partial charge in [0.25, 0.3) is 0 Å². The van der Waals surface area contributed by atoms with Crippen LogP contribution in [-0.4, -0.2) is 35.4 Å². The summed E-state index contributed by atoms with van der Waals surface area (Å²) in [6.45, 7) is 8.18. The Morgan fingerprint density at radius 2 is 2.03 bits per heavy atom. The molecule has 2 aromatic heterocycles. The number of carbonyl (C=O) groups excluding carboxylic acids is 1. The number of nitrogens with one attached hydrogen (secondary N) is 1. The van der Waals surface area contributed by atoms with Crippen molar-refractivity contribution < 1.29 is 7.65 Å². The van der Waals surface area contributed by atoms with Crippen LogP contribution in [0.15, 0.2) is 67.4 Å². The predicted octanol–water partition coefficient (Wildman–Crippen LogP) is 4.30. The van der Waals surface area contributed by atoms with Crippen LogP contribution in [0.3, 0.4) is 0 Å². The lowest BCUT2D eigenvalue weighted by molar-refractivity contribution is 0.103. The highest BCUT2D eigenvalue weighted by atomic mass is 16.1. The van der Waals surface area contributed by atoms with E-state index < -0.39 is 0 Å². The zero-order valence-corrected chi connectivity index (χ0v) is 16.5. The van der Waals surface area contributed by atoms with Gasteiger partial charge < -0.3 is 10.2 Å². The van der Waals surface area contributed by atoms with E-state index in [-0.39, 0.29) is 14.7 Å². The molecule has 1 fully saturated rings. The van der Waals surface area contributed by atoms with E-state index in [1.54, 1.807) is 24.4 Å². The molecular weight excluding hydrogens is 360 g/mol. The molecule has 0 bridgehead atoms. The molecule has 3 heterocycles. The molecule has 0 aliphatic carbocycles. The number of carbonyl (C=O) groups is 1. The average molecular weight is 389 g/mol. The Kier molecular flexibility index (Phi) is 5.49. The van der Waals surface area contributed by atoms with Crippen molar-refractivity contribution in [3.05, 3.63) is 95.5 Å². The minimum atomic E-state index is -0.123. The minimum Gasteiger partial charge on any atom is -0.353 e. The van der Waals surface area contributed by atoms with Crippen molar-refractivity contribution in [2.45, 2.75) is 13.0 Å². The quantitative estimate of drug-likeness (QED) is 0.661. The van der Waals surface area contributed by atoms with Gasteiger partial charge in [-0.05, 0) is 36.8 Å². The van der Waals surface area contributed by atoms with E-state index in [1.807, 2.05) is 25.1 Å². The van der Waals surface area contributed by atoms with Crippen LogP contribution in [0.5, 0.6) is 0 Å². The Hall–Kier alpha value is -3.31. The van der Waals surface area contributed by atoms with Gasteiger partial charge in [-0.25, -0.2) is 4.98 Å². The fourth-order valence-corrected chi connectivity index (χ4v) is 3.70. The molecule has 150 valence electrons. The van der Waals surface area contributed by atoms with Crippen LogP contribution in [0, 0.1) is 6.92 Å². The normalized spacial score (nSPS) is 16.4. The number of hydrogen-bond acceptors (Lipinski definition) is 5. The molecule has 0 radical (unpaired) electrons. The van der Waals surface area contributed by atoms with Gasteiger partial charge in [-0.2, -0.15) is 0 Å². The topological polar surface area (TPSA) is 58.1 Å². The van der Waals surface area contributed by atoms with E-state index in [2.05, 4.69) is 46.0 Å². The fourth-order valence-electron chi connectivity index (χ4n) is 3.70. The largest absolute Gasteiger partial charge is 0.353 e. The van der Waals surface area contributed by atoms with Gasteiger partial charge in [-0.1, -0.05) is 43.0 Å². The van der Waals surface area contributed by atoms with Crippen LogP contribution < -0.4 is 10.2 Å². The molecule has 4 rings (SSSR count). The third kappa shape index (κ3) is 3.96. The maximum atomic E-state index is 13.2. The summed E-state index contributed by atoms with van der Waals surface area (Å²) in [7, 11) is 0. The second-order valence-corrected chi connectivity index (χ2v) is 7.14. The maximum absolute atomic E-state index is 13.2.